The molecule has 0 radical (unpaired) electrons. The predicted octanol–water partition coefficient (Wildman–Crippen LogP) is 4.43. The van der Waals surface area contributed by atoms with Gasteiger partial charge in [-0.1, -0.05) is 11.6 Å². The van der Waals surface area contributed by atoms with Gasteiger partial charge >= 0.3 is 6.09 Å². The van der Waals surface area contributed by atoms with E-state index in [1.54, 1.807) is 23.4 Å². The second-order valence-corrected chi connectivity index (χ2v) is 8.16. The van der Waals surface area contributed by atoms with Gasteiger partial charge in [0, 0.05) is 35.2 Å². The van der Waals surface area contributed by atoms with Crippen LogP contribution >= 0.6 is 27.5 Å². The fourth-order valence-corrected chi connectivity index (χ4v) is 3.21. The molecule has 1 amide bonds. The average molecular weight is 429 g/mol. The molecule has 0 spiro atoms. The van der Waals surface area contributed by atoms with Gasteiger partial charge in [-0.05, 0) is 42.8 Å². The first kappa shape index (κ1) is 18.2. The number of pyridine rings is 2. The number of hydrogen-bond donors (Lipinski definition) is 0. The van der Waals surface area contributed by atoms with E-state index >= 15 is 0 Å². The van der Waals surface area contributed by atoms with Gasteiger partial charge in [-0.15, -0.1) is 0 Å². The second-order valence-electron chi connectivity index (χ2n) is 6.92. The Hall–Kier alpha value is -1.60. The minimum atomic E-state index is -0.509. The van der Waals surface area contributed by atoms with Gasteiger partial charge in [0.05, 0.1) is 11.9 Å². The van der Waals surface area contributed by atoms with Crippen molar-refractivity contribution in [2.45, 2.75) is 38.9 Å². The van der Waals surface area contributed by atoms with E-state index in [4.69, 9.17) is 21.1 Å². The van der Waals surface area contributed by atoms with Gasteiger partial charge in [0.25, 0.3) is 0 Å². The van der Waals surface area contributed by atoms with Gasteiger partial charge in [-0.2, -0.15) is 0 Å². The lowest BCUT2D eigenvalue weighted by Gasteiger charge is -2.24. The number of halogens is 2. The first-order valence-corrected chi connectivity index (χ1v) is 9.14. The van der Waals surface area contributed by atoms with Gasteiger partial charge in [-0.3, -0.25) is 0 Å². The molecule has 0 unspecified atom stereocenters. The maximum absolute atomic E-state index is 12.2. The molecule has 8 heteroatoms. The van der Waals surface area contributed by atoms with Crippen LogP contribution in [0.25, 0.3) is 10.8 Å². The summed E-state index contributed by atoms with van der Waals surface area (Å²) in [6.07, 6.45) is 3.58. The van der Waals surface area contributed by atoms with Crippen LogP contribution < -0.4 is 4.74 Å². The Morgan fingerprint density at radius 2 is 2.08 bits per heavy atom. The van der Waals surface area contributed by atoms with Crippen molar-refractivity contribution < 1.29 is 14.3 Å². The van der Waals surface area contributed by atoms with Gasteiger partial charge in [-0.25, -0.2) is 14.8 Å². The molecule has 1 saturated heterocycles. The van der Waals surface area contributed by atoms with Crippen molar-refractivity contribution in [1.29, 1.82) is 0 Å². The summed E-state index contributed by atoms with van der Waals surface area (Å²) in [5.41, 5.74) is -0.509. The molecular formula is C17H19BrClN3O3. The molecule has 1 aliphatic rings. The molecule has 0 aromatic carbocycles. The van der Waals surface area contributed by atoms with Crippen LogP contribution in [0.1, 0.15) is 27.2 Å². The summed E-state index contributed by atoms with van der Waals surface area (Å²) in [4.78, 5) is 22.3. The summed E-state index contributed by atoms with van der Waals surface area (Å²) >= 11 is 9.43. The lowest BCUT2D eigenvalue weighted by Crippen LogP contribution is -2.36. The van der Waals surface area contributed by atoms with Crippen LogP contribution in [0.2, 0.25) is 5.15 Å². The molecule has 25 heavy (non-hydrogen) atoms. The molecule has 2 aromatic rings. The van der Waals surface area contributed by atoms with E-state index in [2.05, 4.69) is 25.9 Å². The summed E-state index contributed by atoms with van der Waals surface area (Å²) in [6, 6.07) is 1.76. The zero-order valence-electron chi connectivity index (χ0n) is 14.3. The Balaban J connectivity index is 1.73. The highest BCUT2D eigenvalue weighted by Crippen LogP contribution is 2.31. The highest BCUT2D eigenvalue weighted by molar-refractivity contribution is 9.10. The first-order chi connectivity index (χ1) is 11.7. The van der Waals surface area contributed by atoms with Gasteiger partial charge in [0.1, 0.15) is 16.9 Å². The zero-order valence-corrected chi connectivity index (χ0v) is 16.6. The number of carbonyl (C=O) groups is 1. The molecule has 0 bridgehead atoms. The highest BCUT2D eigenvalue weighted by Gasteiger charge is 2.31. The zero-order chi connectivity index (χ0) is 18.2. The molecule has 134 valence electrons. The van der Waals surface area contributed by atoms with Crippen molar-refractivity contribution in [2.24, 2.45) is 0 Å². The van der Waals surface area contributed by atoms with E-state index in [1.165, 1.54) is 0 Å². The van der Waals surface area contributed by atoms with Crippen molar-refractivity contribution >= 4 is 44.4 Å². The first-order valence-electron chi connectivity index (χ1n) is 7.97. The largest absolute Gasteiger partial charge is 0.472 e. The van der Waals surface area contributed by atoms with E-state index < -0.39 is 5.60 Å². The Morgan fingerprint density at radius 3 is 2.80 bits per heavy atom. The molecule has 1 atom stereocenters. The third-order valence-corrected chi connectivity index (χ3v) is 4.57. The van der Waals surface area contributed by atoms with E-state index in [0.717, 1.165) is 21.7 Å². The number of nitrogens with zero attached hydrogens (tertiary/aromatic N) is 3. The molecule has 6 nitrogen and oxygen atoms in total. The van der Waals surface area contributed by atoms with Crippen LogP contribution in [-0.2, 0) is 4.74 Å². The average Bonchev–Trinajstić information content (AvgIpc) is 2.97. The minimum absolute atomic E-state index is 0.139. The molecule has 2 aromatic heterocycles. The number of fused-ring (bicyclic) bond motifs is 1. The molecule has 0 aliphatic carbocycles. The summed E-state index contributed by atoms with van der Waals surface area (Å²) in [6.45, 7) is 6.62. The summed E-state index contributed by atoms with van der Waals surface area (Å²) in [5, 5.41) is 2.06. The van der Waals surface area contributed by atoms with E-state index in [0.29, 0.717) is 24.1 Å². The fraction of sp³-hybridized carbons (Fsp3) is 0.471. The monoisotopic (exact) mass is 427 g/mol. The summed E-state index contributed by atoms with van der Waals surface area (Å²) < 4.78 is 12.3. The highest BCUT2D eigenvalue weighted by atomic mass is 79.9. The van der Waals surface area contributed by atoms with Crippen LogP contribution in [0, 0.1) is 0 Å². The molecule has 3 heterocycles. The molecular weight excluding hydrogens is 410 g/mol. The van der Waals surface area contributed by atoms with E-state index in [-0.39, 0.29) is 12.2 Å². The molecule has 3 rings (SSSR count). The maximum Gasteiger partial charge on any atom is 0.410 e. The smallest absolute Gasteiger partial charge is 0.410 e. The van der Waals surface area contributed by atoms with E-state index in [1.807, 2.05) is 20.8 Å². The predicted molar refractivity (Wildman–Crippen MR) is 99.1 cm³/mol. The molecule has 1 fully saturated rings. The fourth-order valence-electron chi connectivity index (χ4n) is 2.62. The van der Waals surface area contributed by atoms with Crippen molar-refractivity contribution in [1.82, 2.24) is 14.9 Å². The SMILES string of the molecule is CC(C)(C)OC(=O)N1CC[C@H](Oc2ncc(Br)c3cc(Cl)ncc23)C1. The quantitative estimate of drug-likeness (QED) is 0.662. The summed E-state index contributed by atoms with van der Waals surface area (Å²) in [7, 11) is 0. The topological polar surface area (TPSA) is 64.5 Å². The van der Waals surface area contributed by atoms with Crippen LogP contribution in [0.3, 0.4) is 0 Å². The van der Waals surface area contributed by atoms with Gasteiger partial charge < -0.3 is 14.4 Å². The minimum Gasteiger partial charge on any atom is -0.472 e. The van der Waals surface area contributed by atoms with Crippen molar-refractivity contribution in [3.8, 4) is 5.88 Å². The van der Waals surface area contributed by atoms with Crippen LogP contribution in [0.5, 0.6) is 5.88 Å². The Bertz CT molecular complexity index is 810. The number of amides is 1. The van der Waals surface area contributed by atoms with Crippen molar-refractivity contribution in [3.63, 3.8) is 0 Å². The third kappa shape index (κ3) is 4.33. The van der Waals surface area contributed by atoms with Crippen molar-refractivity contribution in [2.75, 3.05) is 13.1 Å². The normalized spacial score (nSPS) is 17.8. The maximum atomic E-state index is 12.2. The number of likely N-dealkylation sites (tertiary alicyclic amines) is 1. The molecule has 0 saturated carbocycles. The lowest BCUT2D eigenvalue weighted by molar-refractivity contribution is 0.0275. The van der Waals surface area contributed by atoms with Crippen LogP contribution in [0.15, 0.2) is 22.9 Å². The Kier molecular flexibility index (Phi) is 5.06. The standard InChI is InChI=1S/C17H19BrClN3O3/c1-17(2,3)25-16(23)22-5-4-10(9-22)24-15-12-7-20-14(19)6-11(12)13(18)8-21-15/h6-8,10H,4-5,9H2,1-3H3/t10-/m0/s1. The van der Waals surface area contributed by atoms with Gasteiger partial charge in [0.2, 0.25) is 5.88 Å². The van der Waals surface area contributed by atoms with Crippen LogP contribution in [-0.4, -0.2) is 45.8 Å². The number of rotatable bonds is 2. The lowest BCUT2D eigenvalue weighted by atomic mass is 10.2. The third-order valence-electron chi connectivity index (χ3n) is 3.73. The van der Waals surface area contributed by atoms with Gasteiger partial charge in [0.15, 0.2) is 0 Å². The van der Waals surface area contributed by atoms with Crippen molar-refractivity contribution in [3.05, 3.63) is 28.1 Å². The number of carbonyl (C=O) groups excluding carboxylic acids is 1. The Morgan fingerprint density at radius 1 is 1.32 bits per heavy atom. The van der Waals surface area contributed by atoms with Crippen LogP contribution in [0.4, 0.5) is 4.79 Å². The molecule has 1 aliphatic heterocycles. The second kappa shape index (κ2) is 6.96. The van der Waals surface area contributed by atoms with E-state index in [9.17, 15) is 4.79 Å². The summed E-state index contributed by atoms with van der Waals surface area (Å²) in [5.74, 6) is 0.485. The number of ether oxygens (including phenoxy) is 2. The Labute approximate surface area is 159 Å². The number of hydrogen-bond acceptors (Lipinski definition) is 5. The number of aromatic nitrogens is 2. The molecule has 0 N–H and O–H groups in total.